The highest BCUT2D eigenvalue weighted by molar-refractivity contribution is 7.99. The molecule has 1 aromatic carbocycles. The first-order chi connectivity index (χ1) is 12.2. The monoisotopic (exact) mass is 373 g/mol. The summed E-state index contributed by atoms with van der Waals surface area (Å²) < 4.78 is 5.22. The molecule has 2 heterocycles. The van der Waals surface area contributed by atoms with Gasteiger partial charge >= 0.3 is 0 Å². The van der Waals surface area contributed by atoms with E-state index < -0.39 is 6.10 Å². The molecule has 3 rings (SSSR count). The zero-order valence-corrected chi connectivity index (χ0v) is 15.2. The standard InChI is InChI=1S/C19H19NO3S2/c21-18(13-24-12-14-5-2-1-3-6-14)20-11-15-8-9-17(25-15)19(22)16-7-4-10-23-16/h1-10,19,22H,11-13H2,(H,20,21). The molecule has 0 spiro atoms. The summed E-state index contributed by atoms with van der Waals surface area (Å²) in [4.78, 5) is 13.7. The third-order valence-electron chi connectivity index (χ3n) is 3.57. The van der Waals surface area contributed by atoms with E-state index in [1.54, 1.807) is 30.2 Å². The van der Waals surface area contributed by atoms with Gasteiger partial charge in [-0.15, -0.1) is 23.1 Å². The second kappa shape index (κ2) is 8.89. The van der Waals surface area contributed by atoms with Crippen LogP contribution >= 0.6 is 23.1 Å². The molecule has 6 heteroatoms. The van der Waals surface area contributed by atoms with Crippen LogP contribution in [0.15, 0.2) is 65.3 Å². The van der Waals surface area contributed by atoms with E-state index in [0.717, 1.165) is 15.5 Å². The minimum atomic E-state index is -0.758. The van der Waals surface area contributed by atoms with Crippen molar-refractivity contribution in [2.24, 2.45) is 0 Å². The van der Waals surface area contributed by atoms with Gasteiger partial charge in [0.25, 0.3) is 0 Å². The van der Waals surface area contributed by atoms with Gasteiger partial charge in [0, 0.05) is 15.5 Å². The Balaban J connectivity index is 1.42. The Kier molecular flexibility index (Phi) is 6.33. The fourth-order valence-electron chi connectivity index (χ4n) is 2.30. The van der Waals surface area contributed by atoms with Crippen LogP contribution in [-0.4, -0.2) is 16.8 Å². The number of carbonyl (C=O) groups excluding carboxylic acids is 1. The average Bonchev–Trinajstić information content (AvgIpc) is 3.32. The van der Waals surface area contributed by atoms with Crippen molar-refractivity contribution in [1.82, 2.24) is 5.32 Å². The maximum absolute atomic E-state index is 11.9. The summed E-state index contributed by atoms with van der Waals surface area (Å²) in [5, 5.41) is 13.1. The number of furan rings is 1. The van der Waals surface area contributed by atoms with Gasteiger partial charge in [-0.3, -0.25) is 4.79 Å². The number of amides is 1. The molecule has 2 N–H and O–H groups in total. The number of carbonyl (C=O) groups is 1. The number of aliphatic hydroxyl groups is 1. The Labute approximate surface area is 154 Å². The van der Waals surface area contributed by atoms with Crippen molar-refractivity contribution >= 4 is 29.0 Å². The van der Waals surface area contributed by atoms with Crippen molar-refractivity contribution in [2.75, 3.05) is 5.75 Å². The van der Waals surface area contributed by atoms with Gasteiger partial charge in [-0.1, -0.05) is 30.3 Å². The molecule has 0 aliphatic rings. The predicted octanol–water partition coefficient (Wildman–Crippen LogP) is 3.97. The lowest BCUT2D eigenvalue weighted by atomic mass is 10.2. The minimum Gasteiger partial charge on any atom is -0.466 e. The summed E-state index contributed by atoms with van der Waals surface area (Å²) in [6, 6.07) is 17.4. The van der Waals surface area contributed by atoms with E-state index in [4.69, 9.17) is 4.42 Å². The van der Waals surface area contributed by atoms with Gasteiger partial charge < -0.3 is 14.8 Å². The maximum atomic E-state index is 11.9. The number of thioether (sulfide) groups is 1. The summed E-state index contributed by atoms with van der Waals surface area (Å²) in [6.45, 7) is 0.472. The van der Waals surface area contributed by atoms with Gasteiger partial charge in [0.2, 0.25) is 5.91 Å². The molecule has 130 valence electrons. The van der Waals surface area contributed by atoms with Gasteiger partial charge in [-0.25, -0.2) is 0 Å². The minimum absolute atomic E-state index is 0.0162. The van der Waals surface area contributed by atoms with Crippen LogP contribution in [-0.2, 0) is 17.1 Å². The van der Waals surface area contributed by atoms with E-state index in [9.17, 15) is 9.90 Å². The van der Waals surface area contributed by atoms with E-state index in [0.29, 0.717) is 18.1 Å². The average molecular weight is 373 g/mol. The van der Waals surface area contributed by atoms with Crippen LogP contribution in [0, 0.1) is 0 Å². The maximum Gasteiger partial charge on any atom is 0.230 e. The van der Waals surface area contributed by atoms with Gasteiger partial charge in [0.15, 0.2) is 0 Å². The third kappa shape index (κ3) is 5.22. The van der Waals surface area contributed by atoms with Crippen LogP contribution in [0.5, 0.6) is 0 Å². The van der Waals surface area contributed by atoms with Crippen molar-refractivity contribution in [2.45, 2.75) is 18.4 Å². The predicted molar refractivity (Wildman–Crippen MR) is 102 cm³/mol. The molecular weight excluding hydrogens is 354 g/mol. The number of benzene rings is 1. The second-order valence-electron chi connectivity index (χ2n) is 5.48. The Morgan fingerprint density at radius 1 is 1.16 bits per heavy atom. The lowest BCUT2D eigenvalue weighted by Crippen LogP contribution is -2.24. The van der Waals surface area contributed by atoms with Crippen LogP contribution in [0.4, 0.5) is 0 Å². The second-order valence-corrected chi connectivity index (χ2v) is 7.66. The van der Waals surface area contributed by atoms with Crippen LogP contribution < -0.4 is 5.32 Å². The molecule has 0 aliphatic carbocycles. The highest BCUT2D eigenvalue weighted by Crippen LogP contribution is 2.28. The number of hydrogen-bond donors (Lipinski definition) is 2. The van der Waals surface area contributed by atoms with Crippen molar-refractivity contribution in [3.63, 3.8) is 0 Å². The van der Waals surface area contributed by atoms with E-state index >= 15 is 0 Å². The molecular formula is C19H19NO3S2. The highest BCUT2D eigenvalue weighted by Gasteiger charge is 2.15. The van der Waals surface area contributed by atoms with Crippen LogP contribution in [0.25, 0.3) is 0 Å². The van der Waals surface area contributed by atoms with Crippen molar-refractivity contribution in [1.29, 1.82) is 0 Å². The Morgan fingerprint density at radius 3 is 2.76 bits per heavy atom. The summed E-state index contributed by atoms with van der Waals surface area (Å²) in [6.07, 6.45) is 0.784. The summed E-state index contributed by atoms with van der Waals surface area (Å²) in [7, 11) is 0. The normalized spacial score (nSPS) is 12.0. The largest absolute Gasteiger partial charge is 0.466 e. The van der Waals surface area contributed by atoms with E-state index in [1.807, 2.05) is 30.3 Å². The van der Waals surface area contributed by atoms with Gasteiger partial charge in [0.05, 0.1) is 18.6 Å². The summed E-state index contributed by atoms with van der Waals surface area (Å²) >= 11 is 3.07. The van der Waals surface area contributed by atoms with Crippen LogP contribution in [0.3, 0.4) is 0 Å². The zero-order valence-electron chi connectivity index (χ0n) is 13.6. The number of thiophene rings is 1. The van der Waals surface area contributed by atoms with Gasteiger partial charge in [-0.05, 0) is 29.8 Å². The van der Waals surface area contributed by atoms with Crippen molar-refractivity contribution in [3.8, 4) is 0 Å². The quantitative estimate of drug-likeness (QED) is 0.627. The molecule has 0 fully saturated rings. The lowest BCUT2D eigenvalue weighted by Gasteiger charge is -2.05. The molecule has 1 atom stereocenters. The number of aliphatic hydroxyl groups excluding tert-OH is 1. The first kappa shape index (κ1) is 17.8. The summed E-state index contributed by atoms with van der Waals surface area (Å²) in [5.41, 5.74) is 1.22. The molecule has 25 heavy (non-hydrogen) atoms. The first-order valence-electron chi connectivity index (χ1n) is 7.91. The molecule has 0 saturated heterocycles. The number of rotatable bonds is 8. The molecule has 2 aromatic heterocycles. The molecule has 0 aliphatic heterocycles. The third-order valence-corrected chi connectivity index (χ3v) is 5.71. The number of hydrogen-bond acceptors (Lipinski definition) is 5. The molecule has 1 amide bonds. The smallest absolute Gasteiger partial charge is 0.230 e. The molecule has 1 unspecified atom stereocenters. The van der Waals surface area contributed by atoms with Gasteiger partial charge in [0.1, 0.15) is 11.9 Å². The molecule has 0 radical (unpaired) electrons. The Bertz CT molecular complexity index is 784. The van der Waals surface area contributed by atoms with Crippen LogP contribution in [0.1, 0.15) is 27.2 Å². The fraction of sp³-hybridized carbons (Fsp3) is 0.211. The first-order valence-corrected chi connectivity index (χ1v) is 9.88. The van der Waals surface area contributed by atoms with E-state index in [-0.39, 0.29) is 5.91 Å². The molecule has 4 nitrogen and oxygen atoms in total. The van der Waals surface area contributed by atoms with Crippen molar-refractivity contribution < 1.29 is 14.3 Å². The molecule has 0 bridgehead atoms. The number of nitrogens with one attached hydrogen (secondary N) is 1. The highest BCUT2D eigenvalue weighted by atomic mass is 32.2. The van der Waals surface area contributed by atoms with Crippen molar-refractivity contribution in [3.05, 3.63) is 81.9 Å². The zero-order chi connectivity index (χ0) is 17.5. The molecule has 3 aromatic rings. The van der Waals surface area contributed by atoms with E-state index in [2.05, 4.69) is 17.4 Å². The Hall–Kier alpha value is -2.02. The van der Waals surface area contributed by atoms with Gasteiger partial charge in [-0.2, -0.15) is 0 Å². The Morgan fingerprint density at radius 2 is 2.00 bits per heavy atom. The summed E-state index contributed by atoms with van der Waals surface area (Å²) in [5.74, 6) is 1.80. The molecule has 0 saturated carbocycles. The topological polar surface area (TPSA) is 62.5 Å². The van der Waals surface area contributed by atoms with E-state index in [1.165, 1.54) is 16.9 Å². The van der Waals surface area contributed by atoms with Crippen LogP contribution in [0.2, 0.25) is 0 Å². The lowest BCUT2D eigenvalue weighted by molar-refractivity contribution is -0.118. The fourth-order valence-corrected chi connectivity index (χ4v) is 4.06. The SMILES string of the molecule is O=C(CSCc1ccccc1)NCc1ccc(C(O)c2ccco2)s1.